The number of thioether (sulfide) groups is 1. The number of nitrogens with one attached hydrogen (secondary N) is 2. The highest BCUT2D eigenvalue weighted by Gasteiger charge is 2.10. The van der Waals surface area contributed by atoms with E-state index in [4.69, 9.17) is 0 Å². The van der Waals surface area contributed by atoms with Gasteiger partial charge in [-0.2, -0.15) is 16.7 Å². The van der Waals surface area contributed by atoms with Gasteiger partial charge in [-0.15, -0.1) is 11.3 Å². The summed E-state index contributed by atoms with van der Waals surface area (Å²) >= 11 is 3.50. The van der Waals surface area contributed by atoms with Crippen molar-refractivity contribution in [3.8, 4) is 0 Å². The quantitative estimate of drug-likeness (QED) is 0.873. The maximum atomic E-state index is 4.48. The van der Waals surface area contributed by atoms with Crippen LogP contribution in [0.15, 0.2) is 11.4 Å². The second kappa shape index (κ2) is 5.55. The van der Waals surface area contributed by atoms with Crippen LogP contribution in [0.4, 0.5) is 11.8 Å². The van der Waals surface area contributed by atoms with Gasteiger partial charge in [0.15, 0.2) is 0 Å². The number of rotatable bonds is 5. The van der Waals surface area contributed by atoms with Gasteiger partial charge in [0.25, 0.3) is 0 Å². The summed E-state index contributed by atoms with van der Waals surface area (Å²) in [4.78, 5) is 8.89. The summed E-state index contributed by atoms with van der Waals surface area (Å²) < 4.78 is 1.12. The molecule has 2 aromatic heterocycles. The Morgan fingerprint density at radius 3 is 3.00 bits per heavy atom. The van der Waals surface area contributed by atoms with Gasteiger partial charge in [0.05, 0.1) is 10.2 Å². The van der Waals surface area contributed by atoms with Crippen molar-refractivity contribution in [2.75, 3.05) is 29.7 Å². The van der Waals surface area contributed by atoms with Crippen molar-refractivity contribution in [2.24, 2.45) is 0 Å². The van der Waals surface area contributed by atoms with E-state index in [2.05, 4.69) is 33.8 Å². The lowest BCUT2D eigenvalue weighted by atomic mass is 10.3. The van der Waals surface area contributed by atoms with Gasteiger partial charge in [0.1, 0.15) is 5.82 Å². The molecule has 0 aliphatic rings. The van der Waals surface area contributed by atoms with Gasteiger partial charge < -0.3 is 10.6 Å². The van der Waals surface area contributed by atoms with Gasteiger partial charge in [-0.1, -0.05) is 0 Å². The van der Waals surface area contributed by atoms with Crippen LogP contribution in [0, 0.1) is 0 Å². The highest BCUT2D eigenvalue weighted by molar-refractivity contribution is 7.98. The molecule has 92 valence electrons. The molecule has 0 aromatic carbocycles. The third kappa shape index (κ3) is 2.81. The molecule has 6 heteroatoms. The lowest BCUT2D eigenvalue weighted by molar-refractivity contribution is 0.905. The Labute approximate surface area is 109 Å². The van der Waals surface area contributed by atoms with Crippen molar-refractivity contribution in [1.82, 2.24) is 9.97 Å². The Balaban J connectivity index is 2.33. The first-order valence-corrected chi connectivity index (χ1v) is 7.70. The Kier molecular flexibility index (Phi) is 4.06. The monoisotopic (exact) mass is 268 g/mol. The van der Waals surface area contributed by atoms with E-state index in [1.807, 2.05) is 30.3 Å². The van der Waals surface area contributed by atoms with Crippen LogP contribution in [-0.4, -0.2) is 35.1 Å². The Hall–Kier alpha value is -1.01. The standard InChI is InChI=1S/C11H16N4S2/c1-7(6-16-3)13-10-9-8(4-5-17-9)14-11(12-2)15-10/h4-5,7H,6H2,1-3H3,(H2,12,13,14,15). The zero-order valence-electron chi connectivity index (χ0n) is 10.2. The van der Waals surface area contributed by atoms with Gasteiger partial charge in [-0.3, -0.25) is 0 Å². The second-order valence-electron chi connectivity index (χ2n) is 3.78. The molecule has 0 aliphatic heterocycles. The van der Waals surface area contributed by atoms with E-state index in [1.165, 1.54) is 0 Å². The summed E-state index contributed by atoms with van der Waals surface area (Å²) in [6, 6.07) is 2.42. The minimum atomic E-state index is 0.398. The predicted molar refractivity (Wildman–Crippen MR) is 78.4 cm³/mol. The first kappa shape index (κ1) is 12.4. The molecule has 0 saturated heterocycles. The normalized spacial score (nSPS) is 12.6. The van der Waals surface area contributed by atoms with Crippen LogP contribution >= 0.6 is 23.1 Å². The Morgan fingerprint density at radius 1 is 1.47 bits per heavy atom. The maximum Gasteiger partial charge on any atom is 0.225 e. The summed E-state index contributed by atoms with van der Waals surface area (Å²) in [7, 11) is 1.84. The number of hydrogen-bond donors (Lipinski definition) is 2. The van der Waals surface area contributed by atoms with E-state index in [9.17, 15) is 0 Å². The molecule has 17 heavy (non-hydrogen) atoms. The van der Waals surface area contributed by atoms with E-state index >= 15 is 0 Å². The van der Waals surface area contributed by atoms with E-state index in [-0.39, 0.29) is 0 Å². The molecule has 1 atom stereocenters. The third-order valence-corrected chi connectivity index (χ3v) is 4.07. The van der Waals surface area contributed by atoms with Crippen LogP contribution in [-0.2, 0) is 0 Å². The average Bonchev–Trinajstić information content (AvgIpc) is 2.77. The molecule has 0 bridgehead atoms. The number of anilines is 2. The smallest absolute Gasteiger partial charge is 0.225 e. The molecule has 2 heterocycles. The van der Waals surface area contributed by atoms with Crippen LogP contribution in [0.3, 0.4) is 0 Å². The van der Waals surface area contributed by atoms with Gasteiger partial charge in [0.2, 0.25) is 5.95 Å². The number of nitrogens with zero attached hydrogens (tertiary/aromatic N) is 2. The number of hydrogen-bond acceptors (Lipinski definition) is 6. The summed E-state index contributed by atoms with van der Waals surface area (Å²) in [6.07, 6.45) is 2.11. The van der Waals surface area contributed by atoms with Crippen molar-refractivity contribution < 1.29 is 0 Å². The largest absolute Gasteiger partial charge is 0.365 e. The first-order valence-electron chi connectivity index (χ1n) is 5.43. The molecule has 0 spiro atoms. The number of fused-ring (bicyclic) bond motifs is 1. The highest BCUT2D eigenvalue weighted by atomic mass is 32.2. The molecule has 0 radical (unpaired) electrons. The van der Waals surface area contributed by atoms with Crippen molar-refractivity contribution in [3.63, 3.8) is 0 Å². The average molecular weight is 268 g/mol. The number of aromatic nitrogens is 2. The van der Waals surface area contributed by atoms with Crippen LogP contribution in [0.1, 0.15) is 6.92 Å². The van der Waals surface area contributed by atoms with Crippen molar-refractivity contribution in [1.29, 1.82) is 0 Å². The van der Waals surface area contributed by atoms with Crippen molar-refractivity contribution in [2.45, 2.75) is 13.0 Å². The molecule has 2 rings (SSSR count). The summed E-state index contributed by atoms with van der Waals surface area (Å²) in [5.41, 5.74) is 0.994. The van der Waals surface area contributed by atoms with Gasteiger partial charge >= 0.3 is 0 Å². The topological polar surface area (TPSA) is 49.8 Å². The minimum absolute atomic E-state index is 0.398. The SMILES string of the molecule is CNc1nc(NC(C)CSC)c2sccc2n1. The zero-order valence-corrected chi connectivity index (χ0v) is 11.8. The fourth-order valence-corrected chi connectivity index (χ4v) is 2.97. The molecule has 1 unspecified atom stereocenters. The van der Waals surface area contributed by atoms with Crippen LogP contribution in [0.5, 0.6) is 0 Å². The minimum Gasteiger partial charge on any atom is -0.365 e. The predicted octanol–water partition coefficient (Wildman–Crippen LogP) is 2.90. The fraction of sp³-hybridized carbons (Fsp3) is 0.455. The molecular weight excluding hydrogens is 252 g/mol. The molecule has 2 N–H and O–H groups in total. The summed E-state index contributed by atoms with van der Waals surface area (Å²) in [5, 5.41) is 8.48. The molecule has 2 aromatic rings. The molecule has 4 nitrogen and oxygen atoms in total. The van der Waals surface area contributed by atoms with Gasteiger partial charge in [-0.25, -0.2) is 4.98 Å². The zero-order chi connectivity index (χ0) is 12.3. The maximum absolute atomic E-state index is 4.48. The van der Waals surface area contributed by atoms with E-state index in [0.717, 1.165) is 21.8 Å². The lowest BCUT2D eigenvalue weighted by Gasteiger charge is -2.14. The highest BCUT2D eigenvalue weighted by Crippen LogP contribution is 2.27. The van der Waals surface area contributed by atoms with Crippen molar-refractivity contribution >= 4 is 45.1 Å². The molecule has 0 saturated carbocycles. The summed E-state index contributed by atoms with van der Waals surface area (Å²) in [5.74, 6) is 2.65. The first-order chi connectivity index (χ1) is 8.24. The van der Waals surface area contributed by atoms with E-state index in [1.54, 1.807) is 11.3 Å². The fourth-order valence-electron chi connectivity index (χ4n) is 1.60. The van der Waals surface area contributed by atoms with Crippen LogP contribution in [0.25, 0.3) is 10.2 Å². The molecule has 0 amide bonds. The molecule has 0 aliphatic carbocycles. The molecule has 0 fully saturated rings. The van der Waals surface area contributed by atoms with Gasteiger partial charge in [0, 0.05) is 18.8 Å². The number of thiophene rings is 1. The van der Waals surface area contributed by atoms with Crippen molar-refractivity contribution in [3.05, 3.63) is 11.4 Å². The van der Waals surface area contributed by atoms with Crippen LogP contribution in [0.2, 0.25) is 0 Å². The third-order valence-electron chi connectivity index (χ3n) is 2.33. The van der Waals surface area contributed by atoms with E-state index in [0.29, 0.717) is 12.0 Å². The Bertz CT molecular complexity index is 497. The van der Waals surface area contributed by atoms with Crippen LogP contribution < -0.4 is 10.6 Å². The second-order valence-corrected chi connectivity index (χ2v) is 5.61. The van der Waals surface area contributed by atoms with Gasteiger partial charge in [-0.05, 0) is 24.6 Å². The Morgan fingerprint density at radius 2 is 2.29 bits per heavy atom. The lowest BCUT2D eigenvalue weighted by Crippen LogP contribution is -2.19. The summed E-state index contributed by atoms with van der Waals surface area (Å²) in [6.45, 7) is 2.16. The van der Waals surface area contributed by atoms with E-state index < -0.39 is 0 Å². The molecular formula is C11H16N4S2.